The Morgan fingerprint density at radius 2 is 1.98 bits per heavy atom. The Hall–Kier alpha value is -3.29. The van der Waals surface area contributed by atoms with Crippen LogP contribution in [-0.2, 0) is 22.4 Å². The molecular weight excluding hydrogens is 510 g/mol. The molecule has 0 radical (unpaired) electrons. The molecule has 0 aromatic heterocycles. The fourth-order valence-electron chi connectivity index (χ4n) is 6.71. The van der Waals surface area contributed by atoms with Crippen molar-refractivity contribution in [2.75, 3.05) is 0 Å². The Morgan fingerprint density at radius 1 is 1.18 bits per heavy atom. The first kappa shape index (κ1) is 28.2. The lowest BCUT2D eigenvalue weighted by molar-refractivity contribution is -0.130. The van der Waals surface area contributed by atoms with Gasteiger partial charge in [0.2, 0.25) is 5.91 Å². The molecule has 2 aliphatic carbocycles. The number of fused-ring (bicyclic) bond motifs is 7. The van der Waals surface area contributed by atoms with E-state index in [4.69, 9.17) is 5.73 Å². The van der Waals surface area contributed by atoms with Gasteiger partial charge < -0.3 is 11.1 Å². The molecule has 6 bridgehead atoms. The van der Waals surface area contributed by atoms with Gasteiger partial charge in [0.1, 0.15) is 0 Å². The van der Waals surface area contributed by atoms with E-state index in [1.165, 1.54) is 28.2 Å². The number of halogens is 2. The number of alkyl halides is 2. The molecule has 0 saturated heterocycles. The molecule has 6 nitrogen and oxygen atoms in total. The summed E-state index contributed by atoms with van der Waals surface area (Å²) in [6, 6.07) is 5.26. The van der Waals surface area contributed by atoms with Crippen molar-refractivity contribution in [1.29, 1.82) is 0 Å². The highest BCUT2D eigenvalue weighted by Gasteiger charge is 2.51. The maximum Gasteiger partial charge on any atom is 0.275 e. The number of hydrogen-bond acceptors (Lipinski definition) is 4. The van der Waals surface area contributed by atoms with Gasteiger partial charge in [0.15, 0.2) is 5.96 Å². The molecule has 3 N–H and O–H groups in total. The van der Waals surface area contributed by atoms with E-state index in [9.17, 15) is 9.59 Å². The first-order valence-corrected chi connectivity index (χ1v) is 14.7. The molecule has 4 atom stereocenters. The lowest BCUT2D eigenvalue weighted by Crippen LogP contribution is -2.53. The Balaban J connectivity index is 1.54. The number of guanidine groups is 1. The van der Waals surface area contributed by atoms with Crippen molar-refractivity contribution in [2.24, 2.45) is 16.6 Å². The SMILES string of the molecule is C=C1/C=C\C2=C(C(C)CC)C(CC2(F)F)N2C(=O)CC(CCCCc3ccc4c(c3)C(CCC4)NC1=O)N=C2N. The molecule has 1 aromatic carbocycles. The molecule has 0 fully saturated rings. The van der Waals surface area contributed by atoms with E-state index in [-0.39, 0.29) is 53.3 Å². The van der Waals surface area contributed by atoms with Gasteiger partial charge >= 0.3 is 0 Å². The van der Waals surface area contributed by atoms with Crippen LogP contribution in [0.4, 0.5) is 8.78 Å². The third kappa shape index (κ3) is 5.50. The number of rotatable bonds is 2. The average Bonchev–Trinajstić information content (AvgIpc) is 3.18. The number of carbonyl (C=O) groups excluding carboxylic acids is 2. The van der Waals surface area contributed by atoms with Crippen molar-refractivity contribution >= 4 is 17.8 Å². The Bertz CT molecular complexity index is 1300. The number of aryl methyl sites for hydroxylation is 2. The van der Waals surface area contributed by atoms with Gasteiger partial charge in [0.25, 0.3) is 11.8 Å². The van der Waals surface area contributed by atoms with E-state index >= 15 is 8.78 Å². The predicted molar refractivity (Wildman–Crippen MR) is 153 cm³/mol. The lowest BCUT2D eigenvalue weighted by Gasteiger charge is -2.36. The zero-order valence-corrected chi connectivity index (χ0v) is 23.5. The summed E-state index contributed by atoms with van der Waals surface area (Å²) in [5.41, 5.74) is 10.3. The summed E-state index contributed by atoms with van der Waals surface area (Å²) in [5.74, 6) is -4.02. The highest BCUT2D eigenvalue weighted by atomic mass is 19.3. The second-order valence-corrected chi connectivity index (χ2v) is 11.8. The fourth-order valence-corrected chi connectivity index (χ4v) is 6.71. The van der Waals surface area contributed by atoms with Crippen molar-refractivity contribution in [1.82, 2.24) is 10.2 Å². The zero-order chi connectivity index (χ0) is 28.6. The van der Waals surface area contributed by atoms with E-state index in [0.29, 0.717) is 12.0 Å². The number of allylic oxidation sites excluding steroid dienone is 2. The number of nitrogens with one attached hydrogen (secondary N) is 1. The molecule has 2 amide bonds. The number of benzene rings is 1. The van der Waals surface area contributed by atoms with Gasteiger partial charge in [-0.1, -0.05) is 51.1 Å². The molecule has 3 heterocycles. The van der Waals surface area contributed by atoms with Gasteiger partial charge in [-0.3, -0.25) is 14.5 Å². The lowest BCUT2D eigenvalue weighted by atomic mass is 9.85. The monoisotopic (exact) mass is 550 g/mol. The summed E-state index contributed by atoms with van der Waals surface area (Å²) in [5, 5.41) is 3.10. The topological polar surface area (TPSA) is 87.8 Å². The molecule has 1 aromatic rings. The van der Waals surface area contributed by atoms with E-state index in [0.717, 1.165) is 50.5 Å². The molecule has 40 heavy (non-hydrogen) atoms. The second-order valence-electron chi connectivity index (χ2n) is 11.8. The van der Waals surface area contributed by atoms with Gasteiger partial charge in [0, 0.05) is 24.0 Å². The minimum atomic E-state index is -3.19. The summed E-state index contributed by atoms with van der Waals surface area (Å²) >= 11 is 0. The van der Waals surface area contributed by atoms with Crippen molar-refractivity contribution in [3.63, 3.8) is 0 Å². The molecule has 4 unspecified atom stereocenters. The van der Waals surface area contributed by atoms with Crippen LogP contribution in [0.25, 0.3) is 0 Å². The van der Waals surface area contributed by atoms with Gasteiger partial charge in [-0.25, -0.2) is 13.8 Å². The van der Waals surface area contributed by atoms with E-state index in [2.05, 4.69) is 35.1 Å². The first-order valence-electron chi connectivity index (χ1n) is 14.7. The number of carbonyl (C=O) groups is 2. The molecule has 8 heteroatoms. The predicted octanol–water partition coefficient (Wildman–Crippen LogP) is 5.68. The van der Waals surface area contributed by atoms with Crippen LogP contribution in [0, 0.1) is 5.92 Å². The van der Waals surface area contributed by atoms with Crippen LogP contribution in [0.15, 0.2) is 58.6 Å². The van der Waals surface area contributed by atoms with Crippen LogP contribution in [0.5, 0.6) is 0 Å². The van der Waals surface area contributed by atoms with E-state index in [1.807, 2.05) is 13.8 Å². The normalized spacial score (nSPS) is 28.7. The van der Waals surface area contributed by atoms with Crippen LogP contribution >= 0.6 is 0 Å². The van der Waals surface area contributed by atoms with Gasteiger partial charge in [0.05, 0.1) is 18.1 Å². The summed E-state index contributed by atoms with van der Waals surface area (Å²) in [4.78, 5) is 32.4. The third-order valence-electron chi connectivity index (χ3n) is 9.03. The van der Waals surface area contributed by atoms with Crippen molar-refractivity contribution in [3.05, 3.63) is 70.3 Å². The third-order valence-corrected chi connectivity index (χ3v) is 9.03. The minimum Gasteiger partial charge on any atom is -0.369 e. The van der Waals surface area contributed by atoms with Gasteiger partial charge in [-0.05, 0) is 79.2 Å². The summed E-state index contributed by atoms with van der Waals surface area (Å²) < 4.78 is 31.2. The van der Waals surface area contributed by atoms with Crippen LogP contribution in [0.1, 0.15) is 87.9 Å². The van der Waals surface area contributed by atoms with E-state index in [1.54, 1.807) is 0 Å². The molecule has 0 spiro atoms. The average molecular weight is 551 g/mol. The molecular formula is C32H40F2N4O2. The van der Waals surface area contributed by atoms with Crippen LogP contribution in [0.3, 0.4) is 0 Å². The Morgan fingerprint density at radius 3 is 2.73 bits per heavy atom. The first-order chi connectivity index (χ1) is 19.1. The number of aliphatic imine (C=N–C) groups is 1. The summed E-state index contributed by atoms with van der Waals surface area (Å²) in [6.45, 7) is 7.72. The smallest absolute Gasteiger partial charge is 0.275 e. The van der Waals surface area contributed by atoms with E-state index < -0.39 is 18.4 Å². The van der Waals surface area contributed by atoms with Crippen molar-refractivity contribution in [2.45, 2.75) is 102 Å². The van der Waals surface area contributed by atoms with Crippen LogP contribution < -0.4 is 11.1 Å². The molecule has 3 aliphatic heterocycles. The Kier molecular flexibility index (Phi) is 7.98. The quantitative estimate of drug-likeness (QED) is 0.464. The fraction of sp³-hybridized carbons (Fsp3) is 0.531. The Labute approximate surface area is 235 Å². The second kappa shape index (κ2) is 11.3. The van der Waals surface area contributed by atoms with Crippen LogP contribution in [0.2, 0.25) is 0 Å². The highest BCUT2D eigenvalue weighted by Crippen LogP contribution is 2.47. The molecule has 6 rings (SSSR count). The summed E-state index contributed by atoms with van der Waals surface area (Å²) in [6.07, 6.45) is 9.10. The minimum absolute atomic E-state index is 0.0204. The van der Waals surface area contributed by atoms with Crippen LogP contribution in [-0.4, -0.2) is 40.7 Å². The van der Waals surface area contributed by atoms with Crippen molar-refractivity contribution in [3.8, 4) is 0 Å². The number of amides is 2. The summed E-state index contributed by atoms with van der Waals surface area (Å²) in [7, 11) is 0. The van der Waals surface area contributed by atoms with Gasteiger partial charge in [-0.2, -0.15) is 0 Å². The maximum absolute atomic E-state index is 15.6. The molecule has 0 saturated carbocycles. The standard InChI is InChI=1S/C32H40F2N4O2/c1-4-19(2)29-25-15-12-20(3)30(40)37-26-11-7-9-22-14-13-21(16-24(22)26)8-5-6-10-23-17-28(39)38(31(35)36-23)27(29)18-32(25,33)34/h12-16,19,23,26-27H,3-11,17-18H2,1-2H3,(H2,35,36)(H,37,40)/b15-12-. The number of nitrogens with two attached hydrogens (primary N) is 1. The van der Waals surface area contributed by atoms with Gasteiger partial charge in [-0.15, -0.1) is 0 Å². The zero-order valence-electron chi connectivity index (χ0n) is 23.5. The molecule has 214 valence electrons. The highest BCUT2D eigenvalue weighted by molar-refractivity contribution is 5.99. The number of nitrogens with zero attached hydrogens (tertiary/aromatic N) is 2. The largest absolute Gasteiger partial charge is 0.369 e. The molecule has 5 aliphatic rings. The maximum atomic E-state index is 15.6. The number of hydrogen-bond donors (Lipinski definition) is 2. The van der Waals surface area contributed by atoms with Crippen molar-refractivity contribution < 1.29 is 18.4 Å².